The molecule has 7 nitrogen and oxygen atoms in total. The number of hydrogen-bond acceptors (Lipinski definition) is 6. The fourth-order valence-corrected chi connectivity index (χ4v) is 3.72. The second kappa shape index (κ2) is 8.78. The quantitative estimate of drug-likeness (QED) is 0.279. The molecule has 0 atom stereocenters. The highest BCUT2D eigenvalue weighted by Crippen LogP contribution is 2.41. The van der Waals surface area contributed by atoms with Gasteiger partial charge in [-0.25, -0.2) is 18.7 Å². The van der Waals surface area contributed by atoms with E-state index in [1.807, 2.05) is 0 Å². The molecular weight excluding hydrogens is 528 g/mol. The van der Waals surface area contributed by atoms with Crippen molar-refractivity contribution in [2.24, 2.45) is 0 Å². The molecule has 3 heterocycles. The standard InChI is InChI=1S/C23H12F8N6O/c24-15-3-1-2-13(18(15)25)21-33-17-9-37(35-20(32)19(17)34-21)8-11-7-16(36-38-11)12-5-4-10(22(26,27)28)6-14(12)23(29,30)31/h1-7,9H,8H2,(H2,32,35). The van der Waals surface area contributed by atoms with Gasteiger partial charge in [0.25, 0.3) is 0 Å². The average molecular weight is 540 g/mol. The van der Waals surface area contributed by atoms with Crippen LogP contribution in [-0.2, 0) is 18.9 Å². The zero-order chi connectivity index (χ0) is 27.4. The Morgan fingerprint density at radius 3 is 2.34 bits per heavy atom. The van der Waals surface area contributed by atoms with Crippen molar-refractivity contribution in [1.82, 2.24) is 24.9 Å². The summed E-state index contributed by atoms with van der Waals surface area (Å²) in [7, 11) is 0. The van der Waals surface area contributed by atoms with Gasteiger partial charge in [0.1, 0.15) is 23.6 Å². The highest BCUT2D eigenvalue weighted by molar-refractivity contribution is 5.72. The van der Waals surface area contributed by atoms with Crippen LogP contribution in [0.1, 0.15) is 16.9 Å². The predicted octanol–water partition coefficient (Wildman–Crippen LogP) is 6.05. The minimum Gasteiger partial charge on any atom is -0.380 e. The topological polar surface area (TPSA) is 95.7 Å². The highest BCUT2D eigenvalue weighted by Gasteiger charge is 2.39. The van der Waals surface area contributed by atoms with Gasteiger partial charge < -0.3 is 10.3 Å². The number of benzene rings is 2. The Morgan fingerprint density at radius 2 is 1.63 bits per heavy atom. The number of aromatic nitrogens is 5. The van der Waals surface area contributed by atoms with Crippen LogP contribution >= 0.6 is 0 Å². The predicted molar refractivity (Wildman–Crippen MR) is 115 cm³/mol. The van der Waals surface area contributed by atoms with Gasteiger partial charge in [0.2, 0.25) is 0 Å². The van der Waals surface area contributed by atoms with Gasteiger partial charge in [-0.05, 0) is 24.3 Å². The molecule has 0 unspecified atom stereocenters. The third-order valence-electron chi connectivity index (χ3n) is 5.43. The third-order valence-corrected chi connectivity index (χ3v) is 5.43. The maximum Gasteiger partial charge on any atom is 0.417 e. The number of anilines is 1. The molecule has 2 aliphatic rings. The molecule has 196 valence electrons. The summed E-state index contributed by atoms with van der Waals surface area (Å²) in [6, 6.07) is 5.76. The first kappa shape index (κ1) is 25.1. The first-order chi connectivity index (χ1) is 17.8. The summed E-state index contributed by atoms with van der Waals surface area (Å²) in [4.78, 5) is 8.24. The zero-order valence-electron chi connectivity index (χ0n) is 18.6. The Hall–Kier alpha value is -4.56. The van der Waals surface area contributed by atoms with Crippen molar-refractivity contribution in [3.63, 3.8) is 0 Å². The fraction of sp³-hybridized carbons (Fsp3) is 0.130. The molecule has 2 aromatic carbocycles. The molecule has 0 radical (unpaired) electrons. The van der Waals surface area contributed by atoms with Crippen molar-refractivity contribution in [3.05, 3.63) is 77.2 Å². The molecule has 3 aromatic rings. The van der Waals surface area contributed by atoms with Crippen molar-refractivity contribution in [2.75, 3.05) is 5.73 Å². The maximum atomic E-state index is 14.2. The summed E-state index contributed by atoms with van der Waals surface area (Å²) in [6.07, 6.45) is -8.74. The normalized spacial score (nSPS) is 12.4. The van der Waals surface area contributed by atoms with E-state index < -0.39 is 40.7 Å². The lowest BCUT2D eigenvalue weighted by molar-refractivity contribution is -0.142. The number of rotatable bonds is 4. The lowest BCUT2D eigenvalue weighted by atomic mass is 10.0. The summed E-state index contributed by atoms with van der Waals surface area (Å²) in [5.41, 5.74) is 1.99. The molecule has 0 bridgehead atoms. The average Bonchev–Trinajstić information content (AvgIpc) is 3.47. The van der Waals surface area contributed by atoms with Crippen LogP contribution in [0.2, 0.25) is 0 Å². The lowest BCUT2D eigenvalue weighted by Crippen LogP contribution is -2.12. The Morgan fingerprint density at radius 1 is 0.868 bits per heavy atom. The van der Waals surface area contributed by atoms with E-state index >= 15 is 0 Å². The van der Waals surface area contributed by atoms with E-state index in [2.05, 4.69) is 20.2 Å². The fourth-order valence-electron chi connectivity index (χ4n) is 3.72. The van der Waals surface area contributed by atoms with Gasteiger partial charge in [0.15, 0.2) is 29.0 Å². The van der Waals surface area contributed by atoms with E-state index in [9.17, 15) is 35.1 Å². The number of nitrogens with two attached hydrogens (primary N) is 1. The number of nitrogens with zero attached hydrogens (tertiary/aromatic N) is 5. The molecule has 38 heavy (non-hydrogen) atoms. The van der Waals surface area contributed by atoms with E-state index in [-0.39, 0.29) is 52.7 Å². The molecule has 0 spiro atoms. The minimum atomic E-state index is -5.10. The lowest BCUT2D eigenvalue weighted by Gasteiger charge is -2.14. The molecule has 0 saturated heterocycles. The molecule has 0 fully saturated rings. The molecule has 0 saturated carbocycles. The van der Waals surface area contributed by atoms with Crippen molar-refractivity contribution in [2.45, 2.75) is 18.9 Å². The summed E-state index contributed by atoms with van der Waals surface area (Å²) in [6.45, 7) is -0.217. The van der Waals surface area contributed by atoms with Gasteiger partial charge in [-0.2, -0.15) is 31.4 Å². The van der Waals surface area contributed by atoms with E-state index in [0.717, 1.165) is 12.1 Å². The van der Waals surface area contributed by atoms with Gasteiger partial charge in [0, 0.05) is 11.6 Å². The number of halogens is 8. The molecule has 0 amide bonds. The van der Waals surface area contributed by atoms with Crippen LogP contribution in [-0.4, -0.2) is 24.9 Å². The molecule has 1 aromatic heterocycles. The minimum absolute atomic E-state index is 0.00170. The zero-order valence-corrected chi connectivity index (χ0v) is 18.6. The van der Waals surface area contributed by atoms with Crippen LogP contribution in [0.5, 0.6) is 0 Å². The Labute approximate surface area is 206 Å². The largest absolute Gasteiger partial charge is 0.417 e. The molecular formula is C23H12F8N6O. The van der Waals surface area contributed by atoms with Crippen LogP contribution in [0.4, 0.5) is 40.9 Å². The molecule has 5 rings (SSSR count). The molecule has 0 aliphatic carbocycles. The van der Waals surface area contributed by atoms with Crippen LogP contribution in [0, 0.1) is 11.6 Å². The second-order valence-electron chi connectivity index (χ2n) is 8.03. The van der Waals surface area contributed by atoms with Crippen molar-refractivity contribution >= 4 is 5.82 Å². The van der Waals surface area contributed by atoms with Crippen molar-refractivity contribution in [3.8, 4) is 34.0 Å². The van der Waals surface area contributed by atoms with E-state index in [1.165, 1.54) is 23.0 Å². The van der Waals surface area contributed by atoms with Crippen molar-refractivity contribution < 1.29 is 39.6 Å². The van der Waals surface area contributed by atoms with Gasteiger partial charge >= 0.3 is 12.4 Å². The van der Waals surface area contributed by atoms with E-state index in [4.69, 9.17) is 10.3 Å². The third kappa shape index (κ3) is 4.62. The second-order valence-corrected chi connectivity index (χ2v) is 8.03. The number of nitrogen functional groups attached to an aromatic ring is 1. The Kier molecular flexibility index (Phi) is 5.80. The van der Waals surface area contributed by atoms with Crippen LogP contribution in [0.3, 0.4) is 0 Å². The van der Waals surface area contributed by atoms with Gasteiger partial charge in [0.05, 0.1) is 22.9 Å². The SMILES string of the molecule is Nc1nn(Cc2cc(-c3ccc(C(F)(F)F)cc3C(F)(F)F)no2)cc2nc(-c3cccc(F)c3F)nc1-2. The summed E-state index contributed by atoms with van der Waals surface area (Å²) in [5, 5.41) is 7.61. The van der Waals surface area contributed by atoms with Crippen LogP contribution < -0.4 is 5.73 Å². The summed E-state index contributed by atoms with van der Waals surface area (Å²) >= 11 is 0. The summed E-state index contributed by atoms with van der Waals surface area (Å²) in [5.74, 6) is -2.55. The van der Waals surface area contributed by atoms with Crippen LogP contribution in [0.15, 0.2) is 53.2 Å². The van der Waals surface area contributed by atoms with E-state index in [1.54, 1.807) is 0 Å². The Balaban J connectivity index is 1.47. The first-order valence-electron chi connectivity index (χ1n) is 10.5. The number of fused-ring (bicyclic) bond motifs is 1. The van der Waals surface area contributed by atoms with Gasteiger partial charge in [-0.15, -0.1) is 0 Å². The number of alkyl halides is 6. The molecule has 2 N–H and O–H groups in total. The van der Waals surface area contributed by atoms with E-state index in [0.29, 0.717) is 12.1 Å². The number of imidazole rings is 1. The molecule has 15 heteroatoms. The van der Waals surface area contributed by atoms with Gasteiger partial charge in [-0.1, -0.05) is 17.3 Å². The van der Waals surface area contributed by atoms with Crippen molar-refractivity contribution in [1.29, 1.82) is 0 Å². The monoisotopic (exact) mass is 540 g/mol. The van der Waals surface area contributed by atoms with Gasteiger partial charge in [-0.3, -0.25) is 4.68 Å². The Bertz CT molecular complexity index is 1620. The maximum absolute atomic E-state index is 14.2. The smallest absolute Gasteiger partial charge is 0.380 e. The summed E-state index contributed by atoms with van der Waals surface area (Å²) < 4.78 is 113. The van der Waals surface area contributed by atoms with Crippen LogP contribution in [0.25, 0.3) is 34.0 Å². The first-order valence-corrected chi connectivity index (χ1v) is 10.5. The molecule has 2 aliphatic heterocycles. The number of hydrogen-bond donors (Lipinski definition) is 1. The highest BCUT2D eigenvalue weighted by atomic mass is 19.4.